The van der Waals surface area contributed by atoms with Crippen LogP contribution in [0.4, 0.5) is 0 Å². The predicted molar refractivity (Wildman–Crippen MR) is 67.8 cm³/mol. The smallest absolute Gasteiger partial charge is 0.326 e. The Bertz CT molecular complexity index is 275. The second-order valence-corrected chi connectivity index (χ2v) is 5.59. The highest BCUT2D eigenvalue weighted by Crippen LogP contribution is 2.37. The van der Waals surface area contributed by atoms with Gasteiger partial charge in [0, 0.05) is 6.04 Å². The molecule has 0 aliphatic heterocycles. The van der Waals surface area contributed by atoms with Gasteiger partial charge in [-0.05, 0) is 38.5 Å². The molecule has 2 saturated carbocycles. The van der Waals surface area contributed by atoms with Gasteiger partial charge in [-0.3, -0.25) is 10.1 Å². The minimum Gasteiger partial charge on any atom is -0.465 e. The van der Waals surface area contributed by atoms with Crippen LogP contribution in [0.5, 0.6) is 0 Å². The molecule has 3 heteroatoms. The molecular formula is C14H25NO2. The van der Waals surface area contributed by atoms with Gasteiger partial charge in [-0.1, -0.05) is 26.2 Å². The summed E-state index contributed by atoms with van der Waals surface area (Å²) in [6, 6.07) is 0.565. The molecule has 0 saturated heterocycles. The largest absolute Gasteiger partial charge is 0.465 e. The molecule has 2 aliphatic carbocycles. The topological polar surface area (TPSA) is 38.3 Å². The first-order valence-electron chi connectivity index (χ1n) is 7.15. The molecule has 2 rings (SSSR count). The summed E-state index contributed by atoms with van der Waals surface area (Å²) in [5.74, 6) is 0.671. The Morgan fingerprint density at radius 1 is 1.35 bits per heavy atom. The van der Waals surface area contributed by atoms with Crippen molar-refractivity contribution in [2.45, 2.75) is 70.4 Å². The Hall–Kier alpha value is -0.570. The zero-order chi connectivity index (χ0) is 12.3. The molecule has 98 valence electrons. The van der Waals surface area contributed by atoms with E-state index in [0.29, 0.717) is 18.6 Å². The molecule has 17 heavy (non-hydrogen) atoms. The number of hydrogen-bond acceptors (Lipinski definition) is 3. The van der Waals surface area contributed by atoms with Gasteiger partial charge in [0.1, 0.15) is 5.54 Å². The molecule has 0 amide bonds. The number of rotatable bonds is 5. The van der Waals surface area contributed by atoms with Gasteiger partial charge in [-0.25, -0.2) is 0 Å². The molecule has 2 atom stereocenters. The second-order valence-electron chi connectivity index (χ2n) is 5.59. The van der Waals surface area contributed by atoms with Crippen LogP contribution in [0.25, 0.3) is 0 Å². The molecule has 0 radical (unpaired) electrons. The Morgan fingerprint density at radius 2 is 2.12 bits per heavy atom. The lowest BCUT2D eigenvalue weighted by atomic mass is 9.74. The average Bonchev–Trinajstić information content (AvgIpc) is 3.13. The average molecular weight is 239 g/mol. The van der Waals surface area contributed by atoms with Crippen molar-refractivity contribution >= 4 is 5.97 Å². The minimum atomic E-state index is -0.365. The third-order valence-corrected chi connectivity index (χ3v) is 4.15. The zero-order valence-electron chi connectivity index (χ0n) is 11.1. The maximum Gasteiger partial charge on any atom is 0.326 e. The normalized spacial score (nSPS) is 33.4. The predicted octanol–water partition coefficient (Wildman–Crippen LogP) is 2.64. The van der Waals surface area contributed by atoms with E-state index in [9.17, 15) is 4.79 Å². The third-order valence-electron chi connectivity index (χ3n) is 4.15. The second kappa shape index (κ2) is 5.38. The highest BCUT2D eigenvalue weighted by Gasteiger charge is 2.46. The number of carbonyl (C=O) groups is 1. The maximum atomic E-state index is 12.3. The minimum absolute atomic E-state index is 0.00921. The van der Waals surface area contributed by atoms with Crippen LogP contribution < -0.4 is 5.32 Å². The van der Waals surface area contributed by atoms with E-state index >= 15 is 0 Å². The molecule has 0 aromatic carbocycles. The Kier molecular flexibility index (Phi) is 4.08. The molecule has 0 spiro atoms. The van der Waals surface area contributed by atoms with Gasteiger partial charge in [0.2, 0.25) is 0 Å². The Labute approximate surface area is 104 Å². The molecule has 2 fully saturated rings. The van der Waals surface area contributed by atoms with E-state index in [2.05, 4.69) is 12.2 Å². The molecule has 0 heterocycles. The lowest BCUT2D eigenvalue weighted by Crippen LogP contribution is -2.56. The fourth-order valence-corrected chi connectivity index (χ4v) is 3.00. The summed E-state index contributed by atoms with van der Waals surface area (Å²) in [7, 11) is 0. The summed E-state index contributed by atoms with van der Waals surface area (Å²) in [5, 5.41) is 3.58. The van der Waals surface area contributed by atoms with E-state index in [1.54, 1.807) is 0 Å². The van der Waals surface area contributed by atoms with Crippen LogP contribution in [0.3, 0.4) is 0 Å². The standard InChI is InChI=1S/C14H25NO2/c1-3-11-6-5-9-14(10-11,13(16)17-4-2)15-12-7-8-12/h11-12,15H,3-10H2,1-2H3. The highest BCUT2D eigenvalue weighted by atomic mass is 16.5. The van der Waals surface area contributed by atoms with Gasteiger partial charge in [-0.15, -0.1) is 0 Å². The van der Waals surface area contributed by atoms with Crippen molar-refractivity contribution in [1.82, 2.24) is 5.32 Å². The molecular weight excluding hydrogens is 214 g/mol. The van der Waals surface area contributed by atoms with Crippen molar-refractivity contribution in [3.05, 3.63) is 0 Å². The molecule has 2 aliphatic rings. The maximum absolute atomic E-state index is 12.3. The van der Waals surface area contributed by atoms with Gasteiger partial charge in [0.15, 0.2) is 0 Å². The molecule has 1 N–H and O–H groups in total. The molecule has 0 bridgehead atoms. The summed E-state index contributed by atoms with van der Waals surface area (Å²) in [6.45, 7) is 4.61. The summed E-state index contributed by atoms with van der Waals surface area (Å²) in [6.07, 6.45) is 7.96. The first-order valence-corrected chi connectivity index (χ1v) is 7.15. The van der Waals surface area contributed by atoms with Crippen LogP contribution in [0, 0.1) is 5.92 Å². The molecule has 0 aromatic rings. The van der Waals surface area contributed by atoms with Crippen LogP contribution in [-0.4, -0.2) is 24.2 Å². The molecule has 3 nitrogen and oxygen atoms in total. The number of carbonyl (C=O) groups excluding carboxylic acids is 1. The van der Waals surface area contributed by atoms with E-state index in [1.165, 1.54) is 25.7 Å². The van der Waals surface area contributed by atoms with E-state index in [0.717, 1.165) is 19.3 Å². The van der Waals surface area contributed by atoms with Gasteiger partial charge in [-0.2, -0.15) is 0 Å². The van der Waals surface area contributed by atoms with Gasteiger partial charge in [0.05, 0.1) is 6.61 Å². The van der Waals surface area contributed by atoms with Crippen molar-refractivity contribution in [3.8, 4) is 0 Å². The van der Waals surface area contributed by atoms with Crippen LogP contribution >= 0.6 is 0 Å². The molecule has 2 unspecified atom stereocenters. The number of nitrogens with one attached hydrogen (secondary N) is 1. The van der Waals surface area contributed by atoms with Crippen molar-refractivity contribution in [3.63, 3.8) is 0 Å². The van der Waals surface area contributed by atoms with E-state index in [1.807, 2.05) is 6.92 Å². The van der Waals surface area contributed by atoms with Crippen molar-refractivity contribution < 1.29 is 9.53 Å². The number of ether oxygens (including phenoxy) is 1. The van der Waals surface area contributed by atoms with E-state index < -0.39 is 0 Å². The first-order chi connectivity index (χ1) is 8.20. The lowest BCUT2D eigenvalue weighted by Gasteiger charge is -2.39. The number of hydrogen-bond donors (Lipinski definition) is 1. The number of esters is 1. The zero-order valence-corrected chi connectivity index (χ0v) is 11.1. The van der Waals surface area contributed by atoms with Crippen molar-refractivity contribution in [1.29, 1.82) is 0 Å². The lowest BCUT2D eigenvalue weighted by molar-refractivity contribution is -0.153. The Morgan fingerprint density at radius 3 is 2.71 bits per heavy atom. The monoisotopic (exact) mass is 239 g/mol. The van der Waals surface area contributed by atoms with Crippen LogP contribution in [0.1, 0.15) is 58.8 Å². The summed E-state index contributed by atoms with van der Waals surface area (Å²) in [5.41, 5.74) is -0.365. The summed E-state index contributed by atoms with van der Waals surface area (Å²) < 4.78 is 5.30. The van der Waals surface area contributed by atoms with Crippen molar-refractivity contribution in [2.75, 3.05) is 6.61 Å². The highest BCUT2D eigenvalue weighted by molar-refractivity contribution is 5.81. The van der Waals surface area contributed by atoms with Crippen molar-refractivity contribution in [2.24, 2.45) is 5.92 Å². The summed E-state index contributed by atoms with van der Waals surface area (Å²) >= 11 is 0. The van der Waals surface area contributed by atoms with Crippen LogP contribution in [-0.2, 0) is 9.53 Å². The van der Waals surface area contributed by atoms with Gasteiger partial charge in [0.25, 0.3) is 0 Å². The van der Waals surface area contributed by atoms with Gasteiger partial charge < -0.3 is 4.74 Å². The van der Waals surface area contributed by atoms with Crippen LogP contribution in [0.15, 0.2) is 0 Å². The summed E-state index contributed by atoms with van der Waals surface area (Å²) in [4.78, 5) is 12.3. The first kappa shape index (κ1) is 12.9. The fraction of sp³-hybridized carbons (Fsp3) is 0.929. The quantitative estimate of drug-likeness (QED) is 0.750. The van der Waals surface area contributed by atoms with E-state index in [-0.39, 0.29) is 11.5 Å². The Balaban J connectivity index is 2.06. The SMILES string of the molecule is CCOC(=O)C1(NC2CC2)CCCC(CC)C1. The van der Waals surface area contributed by atoms with Gasteiger partial charge >= 0.3 is 5.97 Å². The third kappa shape index (κ3) is 3.01. The molecule has 0 aromatic heterocycles. The van der Waals surface area contributed by atoms with Crippen LogP contribution in [0.2, 0.25) is 0 Å². The van der Waals surface area contributed by atoms with E-state index in [4.69, 9.17) is 4.74 Å². The fourth-order valence-electron chi connectivity index (χ4n) is 3.00.